The third kappa shape index (κ3) is 1.79. The van der Waals surface area contributed by atoms with Crippen molar-refractivity contribution in [3.8, 4) is 23.2 Å². The lowest BCUT2D eigenvalue weighted by molar-refractivity contribution is 0.476. The molecule has 3 rings (SSSR count). The first-order valence-electron chi connectivity index (χ1n) is 5.74. The molecule has 0 aliphatic carbocycles. The van der Waals surface area contributed by atoms with Gasteiger partial charge in [-0.2, -0.15) is 5.26 Å². The average molecular weight is 250 g/mol. The molecule has 0 saturated carbocycles. The standard InChI is InChI=1S/C14H10N4O/c1-9-2-3-12(19)11(6-9)14-17-16-13-7-10(8-15)4-5-18(13)14/h2-7,19H,1H3. The number of phenolic OH excluding ortho intramolecular Hbond substituents is 1. The van der Waals surface area contributed by atoms with Crippen molar-refractivity contribution in [2.75, 3.05) is 0 Å². The zero-order chi connectivity index (χ0) is 13.4. The molecule has 0 fully saturated rings. The summed E-state index contributed by atoms with van der Waals surface area (Å²) < 4.78 is 1.75. The van der Waals surface area contributed by atoms with E-state index in [1.165, 1.54) is 0 Å². The van der Waals surface area contributed by atoms with Crippen molar-refractivity contribution >= 4 is 5.65 Å². The Bertz CT molecular complexity index is 814. The molecule has 2 heterocycles. The second-order valence-electron chi connectivity index (χ2n) is 4.30. The van der Waals surface area contributed by atoms with Gasteiger partial charge in [-0.1, -0.05) is 11.6 Å². The maximum absolute atomic E-state index is 9.93. The van der Waals surface area contributed by atoms with E-state index in [1.54, 1.807) is 28.8 Å². The van der Waals surface area contributed by atoms with Crippen LogP contribution >= 0.6 is 0 Å². The van der Waals surface area contributed by atoms with Crippen molar-refractivity contribution in [1.82, 2.24) is 14.6 Å². The van der Waals surface area contributed by atoms with Crippen molar-refractivity contribution in [1.29, 1.82) is 5.26 Å². The minimum Gasteiger partial charge on any atom is -0.507 e. The third-order valence-electron chi connectivity index (χ3n) is 2.93. The number of aryl methyl sites for hydroxylation is 1. The van der Waals surface area contributed by atoms with Gasteiger partial charge in [-0.05, 0) is 25.1 Å². The summed E-state index contributed by atoms with van der Waals surface area (Å²) in [5, 5.41) is 26.9. The Hall–Kier alpha value is -2.87. The van der Waals surface area contributed by atoms with Crippen LogP contribution in [0, 0.1) is 18.3 Å². The Morgan fingerprint density at radius 2 is 2.05 bits per heavy atom. The van der Waals surface area contributed by atoms with Gasteiger partial charge in [0.1, 0.15) is 5.75 Å². The summed E-state index contributed by atoms with van der Waals surface area (Å²) in [4.78, 5) is 0. The molecule has 0 bridgehead atoms. The first kappa shape index (κ1) is 11.2. The molecule has 2 aromatic heterocycles. The lowest BCUT2D eigenvalue weighted by Crippen LogP contribution is -1.91. The fraction of sp³-hybridized carbons (Fsp3) is 0.0714. The number of hydrogen-bond donors (Lipinski definition) is 1. The molecule has 0 amide bonds. The number of nitriles is 1. The molecule has 0 atom stereocenters. The topological polar surface area (TPSA) is 74.2 Å². The number of phenols is 1. The Morgan fingerprint density at radius 3 is 2.84 bits per heavy atom. The molecule has 0 saturated heterocycles. The number of pyridine rings is 1. The van der Waals surface area contributed by atoms with E-state index < -0.39 is 0 Å². The van der Waals surface area contributed by atoms with E-state index in [4.69, 9.17) is 5.26 Å². The van der Waals surface area contributed by atoms with Crippen LogP contribution in [0.15, 0.2) is 36.5 Å². The average Bonchev–Trinajstić information content (AvgIpc) is 2.84. The molecule has 19 heavy (non-hydrogen) atoms. The first-order chi connectivity index (χ1) is 9.19. The van der Waals surface area contributed by atoms with Crippen LogP contribution < -0.4 is 0 Å². The summed E-state index contributed by atoms with van der Waals surface area (Å²) >= 11 is 0. The number of fused-ring (bicyclic) bond motifs is 1. The van der Waals surface area contributed by atoms with Crippen LogP contribution in [0.5, 0.6) is 5.75 Å². The Balaban J connectivity index is 2.26. The number of aromatic nitrogens is 3. The first-order valence-corrected chi connectivity index (χ1v) is 5.74. The van der Waals surface area contributed by atoms with E-state index in [9.17, 15) is 5.11 Å². The Morgan fingerprint density at radius 1 is 1.21 bits per heavy atom. The van der Waals surface area contributed by atoms with E-state index in [0.717, 1.165) is 5.56 Å². The van der Waals surface area contributed by atoms with Gasteiger partial charge in [0.25, 0.3) is 0 Å². The van der Waals surface area contributed by atoms with Gasteiger partial charge in [-0.25, -0.2) is 0 Å². The highest BCUT2D eigenvalue weighted by atomic mass is 16.3. The maximum Gasteiger partial charge on any atom is 0.172 e. The molecule has 0 aliphatic heterocycles. The SMILES string of the molecule is Cc1ccc(O)c(-c2nnc3cc(C#N)ccn23)c1. The van der Waals surface area contributed by atoms with Crippen molar-refractivity contribution in [2.45, 2.75) is 6.92 Å². The molecular weight excluding hydrogens is 240 g/mol. The number of aromatic hydroxyl groups is 1. The summed E-state index contributed by atoms with van der Waals surface area (Å²) in [6, 6.07) is 10.7. The zero-order valence-corrected chi connectivity index (χ0v) is 10.2. The normalized spacial score (nSPS) is 10.5. The molecule has 1 N–H and O–H groups in total. The molecule has 0 radical (unpaired) electrons. The van der Waals surface area contributed by atoms with Crippen LogP contribution in [0.2, 0.25) is 0 Å². The van der Waals surface area contributed by atoms with Gasteiger partial charge in [0, 0.05) is 12.3 Å². The largest absolute Gasteiger partial charge is 0.507 e. The predicted octanol–water partition coefficient (Wildman–Crippen LogP) is 2.28. The summed E-state index contributed by atoms with van der Waals surface area (Å²) in [6.07, 6.45) is 1.73. The van der Waals surface area contributed by atoms with Crippen LogP contribution in [-0.4, -0.2) is 19.7 Å². The smallest absolute Gasteiger partial charge is 0.172 e. The molecule has 3 aromatic rings. The third-order valence-corrected chi connectivity index (χ3v) is 2.93. The minimum atomic E-state index is 0.157. The fourth-order valence-electron chi connectivity index (χ4n) is 1.97. The summed E-state index contributed by atoms with van der Waals surface area (Å²) in [5.74, 6) is 0.713. The van der Waals surface area contributed by atoms with E-state index in [-0.39, 0.29) is 5.75 Å². The molecule has 92 valence electrons. The summed E-state index contributed by atoms with van der Waals surface area (Å²) in [7, 11) is 0. The maximum atomic E-state index is 9.93. The number of rotatable bonds is 1. The van der Waals surface area contributed by atoms with Gasteiger partial charge in [-0.15, -0.1) is 10.2 Å². The van der Waals surface area contributed by atoms with Gasteiger partial charge < -0.3 is 5.11 Å². The fourth-order valence-corrected chi connectivity index (χ4v) is 1.97. The number of nitrogens with zero attached hydrogens (tertiary/aromatic N) is 4. The van der Waals surface area contributed by atoms with Gasteiger partial charge in [0.15, 0.2) is 11.5 Å². The highest BCUT2D eigenvalue weighted by molar-refractivity contribution is 5.67. The van der Waals surface area contributed by atoms with E-state index in [0.29, 0.717) is 22.6 Å². The second kappa shape index (κ2) is 4.10. The highest BCUT2D eigenvalue weighted by Crippen LogP contribution is 2.28. The van der Waals surface area contributed by atoms with Crippen LogP contribution in [0.4, 0.5) is 0 Å². The number of hydrogen-bond acceptors (Lipinski definition) is 4. The van der Waals surface area contributed by atoms with Crippen molar-refractivity contribution in [2.24, 2.45) is 0 Å². The molecular formula is C14H10N4O. The molecule has 1 aromatic carbocycles. The van der Waals surface area contributed by atoms with Crippen LogP contribution in [0.25, 0.3) is 17.0 Å². The van der Waals surface area contributed by atoms with Gasteiger partial charge in [-0.3, -0.25) is 4.40 Å². The lowest BCUT2D eigenvalue weighted by Gasteiger charge is -2.04. The molecule has 5 nitrogen and oxygen atoms in total. The van der Waals surface area contributed by atoms with Crippen LogP contribution in [0.1, 0.15) is 11.1 Å². The summed E-state index contributed by atoms with van der Waals surface area (Å²) in [5.41, 5.74) is 2.75. The highest BCUT2D eigenvalue weighted by Gasteiger charge is 2.12. The summed E-state index contributed by atoms with van der Waals surface area (Å²) in [6.45, 7) is 1.94. The van der Waals surface area contributed by atoms with Crippen molar-refractivity contribution < 1.29 is 5.11 Å². The molecule has 5 heteroatoms. The van der Waals surface area contributed by atoms with Crippen molar-refractivity contribution in [3.05, 3.63) is 47.7 Å². The monoisotopic (exact) mass is 250 g/mol. The van der Waals surface area contributed by atoms with E-state index in [1.807, 2.05) is 19.1 Å². The lowest BCUT2D eigenvalue weighted by atomic mass is 10.1. The second-order valence-corrected chi connectivity index (χ2v) is 4.30. The van der Waals surface area contributed by atoms with Gasteiger partial charge >= 0.3 is 0 Å². The van der Waals surface area contributed by atoms with E-state index >= 15 is 0 Å². The van der Waals surface area contributed by atoms with E-state index in [2.05, 4.69) is 16.3 Å². The van der Waals surface area contributed by atoms with Crippen LogP contribution in [-0.2, 0) is 0 Å². The zero-order valence-electron chi connectivity index (χ0n) is 10.2. The van der Waals surface area contributed by atoms with Gasteiger partial charge in [0.05, 0.1) is 17.2 Å². The minimum absolute atomic E-state index is 0.157. The Labute approximate surface area is 109 Å². The molecule has 0 spiro atoms. The van der Waals surface area contributed by atoms with Crippen molar-refractivity contribution in [3.63, 3.8) is 0 Å². The van der Waals surface area contributed by atoms with Gasteiger partial charge in [0.2, 0.25) is 0 Å². The predicted molar refractivity (Wildman–Crippen MR) is 69.5 cm³/mol. The molecule has 0 aliphatic rings. The van der Waals surface area contributed by atoms with Crippen LogP contribution in [0.3, 0.4) is 0 Å². The quantitative estimate of drug-likeness (QED) is 0.719. The Kier molecular flexibility index (Phi) is 2.43. The number of benzene rings is 1. The molecule has 0 unspecified atom stereocenters.